The summed E-state index contributed by atoms with van der Waals surface area (Å²) in [5, 5.41) is 0. The van der Waals surface area contributed by atoms with Gasteiger partial charge in [0.15, 0.2) is 0 Å². The summed E-state index contributed by atoms with van der Waals surface area (Å²) in [6, 6.07) is 0. The Kier molecular flexibility index (Phi) is 13.7. The van der Waals surface area contributed by atoms with Gasteiger partial charge in [-0.1, -0.05) is 58.3 Å². The lowest BCUT2D eigenvalue weighted by molar-refractivity contribution is -0.119. The molecule has 0 saturated heterocycles. The van der Waals surface area contributed by atoms with Crippen LogP contribution in [0.3, 0.4) is 0 Å². The Bertz CT molecular complexity index is 244. The highest BCUT2D eigenvalue weighted by Crippen LogP contribution is 2.11. The molecule has 0 spiro atoms. The van der Waals surface area contributed by atoms with Crippen LogP contribution in [0.25, 0.3) is 0 Å². The van der Waals surface area contributed by atoms with E-state index in [1.54, 1.807) is 0 Å². The molecular formula is C17H30O. The third-order valence-corrected chi connectivity index (χ3v) is 3.26. The summed E-state index contributed by atoms with van der Waals surface area (Å²) in [5.41, 5.74) is 0. The number of unbranched alkanes of at least 4 members (excludes halogenated alkanes) is 8. The van der Waals surface area contributed by atoms with Crippen molar-refractivity contribution >= 4 is 5.78 Å². The summed E-state index contributed by atoms with van der Waals surface area (Å²) < 4.78 is 0. The number of hydrogen-bond donors (Lipinski definition) is 0. The predicted octanol–water partition coefficient (Wildman–Crippen LogP) is 5.28. The number of carbonyl (C=O) groups is 1. The quantitative estimate of drug-likeness (QED) is 0.340. The van der Waals surface area contributed by atoms with Crippen LogP contribution in [-0.2, 0) is 4.79 Å². The first-order valence-corrected chi connectivity index (χ1v) is 7.72. The number of carbonyl (C=O) groups excluding carboxylic acids is 1. The van der Waals surface area contributed by atoms with Crippen molar-refractivity contribution in [3.8, 4) is 11.8 Å². The second kappa shape index (κ2) is 14.3. The van der Waals surface area contributed by atoms with Gasteiger partial charge in [0, 0.05) is 19.3 Å². The van der Waals surface area contributed by atoms with Crippen LogP contribution in [0, 0.1) is 11.8 Å². The maximum absolute atomic E-state index is 11.5. The fraction of sp³-hybridized carbons (Fsp3) is 0.824. The predicted molar refractivity (Wildman–Crippen MR) is 79.5 cm³/mol. The second-order valence-corrected chi connectivity index (χ2v) is 5.04. The molecule has 1 heteroatoms. The van der Waals surface area contributed by atoms with Gasteiger partial charge in [-0.05, 0) is 13.3 Å². The molecular weight excluding hydrogens is 220 g/mol. The van der Waals surface area contributed by atoms with E-state index in [1.165, 1.54) is 51.4 Å². The first-order valence-electron chi connectivity index (χ1n) is 7.72. The summed E-state index contributed by atoms with van der Waals surface area (Å²) in [5.74, 6) is 6.16. The van der Waals surface area contributed by atoms with E-state index in [2.05, 4.69) is 18.8 Å². The normalized spacial score (nSPS) is 9.89. The zero-order valence-electron chi connectivity index (χ0n) is 12.4. The highest BCUT2D eigenvalue weighted by molar-refractivity contribution is 5.78. The molecule has 0 saturated carbocycles. The maximum atomic E-state index is 11.5. The van der Waals surface area contributed by atoms with Gasteiger partial charge in [0.25, 0.3) is 0 Å². The topological polar surface area (TPSA) is 17.1 Å². The molecule has 18 heavy (non-hydrogen) atoms. The van der Waals surface area contributed by atoms with Gasteiger partial charge in [-0.3, -0.25) is 4.79 Å². The van der Waals surface area contributed by atoms with Crippen LogP contribution in [0.5, 0.6) is 0 Å². The molecule has 0 rings (SSSR count). The fourth-order valence-electron chi connectivity index (χ4n) is 2.08. The third kappa shape index (κ3) is 13.3. The minimum Gasteiger partial charge on any atom is -0.300 e. The summed E-state index contributed by atoms with van der Waals surface area (Å²) >= 11 is 0. The van der Waals surface area contributed by atoms with Crippen LogP contribution in [0.1, 0.15) is 90.9 Å². The van der Waals surface area contributed by atoms with Crippen molar-refractivity contribution in [2.24, 2.45) is 0 Å². The van der Waals surface area contributed by atoms with Gasteiger partial charge in [-0.2, -0.15) is 0 Å². The molecule has 0 aromatic carbocycles. The molecule has 0 aliphatic heterocycles. The first kappa shape index (κ1) is 17.2. The fourth-order valence-corrected chi connectivity index (χ4v) is 2.08. The Hall–Kier alpha value is -0.770. The number of hydrogen-bond acceptors (Lipinski definition) is 1. The van der Waals surface area contributed by atoms with E-state index >= 15 is 0 Å². The van der Waals surface area contributed by atoms with Crippen LogP contribution in [-0.4, -0.2) is 5.78 Å². The molecule has 1 nitrogen and oxygen atoms in total. The Morgan fingerprint density at radius 2 is 1.39 bits per heavy atom. The Morgan fingerprint density at radius 1 is 0.833 bits per heavy atom. The minimum absolute atomic E-state index is 0.390. The average molecular weight is 250 g/mol. The van der Waals surface area contributed by atoms with Crippen LogP contribution < -0.4 is 0 Å². The molecule has 0 amide bonds. The van der Waals surface area contributed by atoms with Gasteiger partial charge >= 0.3 is 0 Å². The summed E-state index contributed by atoms with van der Waals surface area (Å²) in [7, 11) is 0. The van der Waals surface area contributed by atoms with Crippen molar-refractivity contribution in [2.45, 2.75) is 90.9 Å². The lowest BCUT2D eigenvalue weighted by Crippen LogP contribution is -1.96. The second-order valence-electron chi connectivity index (χ2n) is 5.04. The molecule has 0 unspecified atom stereocenters. The average Bonchev–Trinajstić information content (AvgIpc) is 2.37. The van der Waals surface area contributed by atoms with Crippen molar-refractivity contribution in [1.82, 2.24) is 0 Å². The molecule has 0 aromatic rings. The van der Waals surface area contributed by atoms with Crippen LogP contribution in [0.2, 0.25) is 0 Å². The first-order chi connectivity index (χ1) is 8.81. The number of ketones is 1. The highest BCUT2D eigenvalue weighted by atomic mass is 16.1. The number of rotatable bonds is 12. The Balaban J connectivity index is 3.14. The van der Waals surface area contributed by atoms with Crippen LogP contribution >= 0.6 is 0 Å². The standard InChI is InChI=1S/C17H30O/c1-3-5-7-8-9-10-11-12-14-16-17(18)15-13-6-4-2/h3,5,7-16H2,1-2H3. The largest absolute Gasteiger partial charge is 0.300 e. The SMILES string of the molecule is CC#CCCC(=O)CCCCCCCCCCC. The van der Waals surface area contributed by atoms with Gasteiger partial charge in [-0.25, -0.2) is 0 Å². The minimum atomic E-state index is 0.390. The highest BCUT2D eigenvalue weighted by Gasteiger charge is 2.00. The lowest BCUT2D eigenvalue weighted by atomic mass is 10.0. The van der Waals surface area contributed by atoms with Gasteiger partial charge in [-0.15, -0.1) is 11.8 Å². The zero-order valence-corrected chi connectivity index (χ0v) is 12.4. The molecule has 104 valence electrons. The zero-order chi connectivity index (χ0) is 13.5. The Morgan fingerprint density at radius 3 is 1.94 bits per heavy atom. The summed E-state index contributed by atoms with van der Waals surface area (Å²) in [4.78, 5) is 11.5. The summed E-state index contributed by atoms with van der Waals surface area (Å²) in [6.07, 6.45) is 14.0. The van der Waals surface area contributed by atoms with Crippen molar-refractivity contribution in [1.29, 1.82) is 0 Å². The molecule has 0 N–H and O–H groups in total. The molecule has 0 fully saturated rings. The molecule has 0 heterocycles. The molecule has 0 atom stereocenters. The van der Waals surface area contributed by atoms with Gasteiger partial charge in [0.1, 0.15) is 5.78 Å². The Labute approximate surface area is 114 Å². The van der Waals surface area contributed by atoms with Crippen molar-refractivity contribution in [2.75, 3.05) is 0 Å². The van der Waals surface area contributed by atoms with Crippen LogP contribution in [0.15, 0.2) is 0 Å². The molecule has 0 aliphatic rings. The van der Waals surface area contributed by atoms with Crippen molar-refractivity contribution in [3.63, 3.8) is 0 Å². The van der Waals surface area contributed by atoms with Crippen LogP contribution in [0.4, 0.5) is 0 Å². The van der Waals surface area contributed by atoms with Gasteiger partial charge < -0.3 is 0 Å². The van der Waals surface area contributed by atoms with Gasteiger partial charge in [0.05, 0.1) is 0 Å². The number of Topliss-reactive ketones (excluding diaryl/α,β-unsaturated/α-hetero) is 1. The van der Waals surface area contributed by atoms with E-state index in [9.17, 15) is 4.79 Å². The lowest BCUT2D eigenvalue weighted by Gasteiger charge is -2.01. The van der Waals surface area contributed by atoms with Crippen molar-refractivity contribution < 1.29 is 4.79 Å². The van der Waals surface area contributed by atoms with E-state index in [1.807, 2.05) is 6.92 Å². The summed E-state index contributed by atoms with van der Waals surface area (Å²) in [6.45, 7) is 4.08. The third-order valence-electron chi connectivity index (χ3n) is 3.26. The van der Waals surface area contributed by atoms with E-state index in [-0.39, 0.29) is 0 Å². The van der Waals surface area contributed by atoms with E-state index in [0.29, 0.717) is 12.2 Å². The van der Waals surface area contributed by atoms with E-state index < -0.39 is 0 Å². The van der Waals surface area contributed by atoms with E-state index in [4.69, 9.17) is 0 Å². The van der Waals surface area contributed by atoms with Gasteiger partial charge in [0.2, 0.25) is 0 Å². The van der Waals surface area contributed by atoms with Crippen molar-refractivity contribution in [3.05, 3.63) is 0 Å². The monoisotopic (exact) mass is 250 g/mol. The van der Waals surface area contributed by atoms with E-state index in [0.717, 1.165) is 19.3 Å². The maximum Gasteiger partial charge on any atom is 0.133 e. The smallest absolute Gasteiger partial charge is 0.133 e. The molecule has 0 aromatic heterocycles. The molecule has 0 radical (unpaired) electrons. The molecule has 0 aliphatic carbocycles. The molecule has 0 bridgehead atoms.